The van der Waals surface area contributed by atoms with Crippen molar-refractivity contribution in [3.8, 4) is 0 Å². The molecule has 2 rings (SSSR count). The summed E-state index contributed by atoms with van der Waals surface area (Å²) in [7, 11) is 3.08. The van der Waals surface area contributed by atoms with Gasteiger partial charge in [-0.05, 0) is 13.8 Å². The molecule has 0 atom stereocenters. The Labute approximate surface area is 138 Å². The van der Waals surface area contributed by atoms with Crippen molar-refractivity contribution in [2.24, 2.45) is 0 Å². The first kappa shape index (κ1) is 17.9. The number of amides is 3. The standard InChI is InChI=1S/C14H20N4O6/c1-14(2)12(20)18(13(21)23-14)8-11(19)17(3)7-10-15-9(16-24-10)5-6-22-4/h5-8H2,1-4H3. The minimum atomic E-state index is -1.25. The Hall–Kier alpha value is -2.49. The van der Waals surface area contributed by atoms with Gasteiger partial charge in [-0.1, -0.05) is 5.16 Å². The predicted octanol–water partition coefficient (Wildman–Crippen LogP) is -0.0257. The lowest BCUT2D eigenvalue weighted by molar-refractivity contribution is -0.139. The second-order valence-electron chi connectivity index (χ2n) is 5.87. The highest BCUT2D eigenvalue weighted by atomic mass is 16.6. The SMILES string of the molecule is COCCc1noc(CN(C)C(=O)CN2C(=O)OC(C)(C)C2=O)n1. The van der Waals surface area contributed by atoms with E-state index in [-0.39, 0.29) is 12.4 Å². The molecule has 1 aromatic heterocycles. The van der Waals surface area contributed by atoms with Crippen molar-refractivity contribution in [1.82, 2.24) is 19.9 Å². The van der Waals surface area contributed by atoms with Gasteiger partial charge in [-0.3, -0.25) is 9.59 Å². The Balaban J connectivity index is 1.92. The van der Waals surface area contributed by atoms with Gasteiger partial charge in [-0.15, -0.1) is 0 Å². The lowest BCUT2D eigenvalue weighted by Gasteiger charge is -2.18. The fourth-order valence-electron chi connectivity index (χ4n) is 2.06. The second kappa shape index (κ2) is 6.95. The summed E-state index contributed by atoms with van der Waals surface area (Å²) < 4.78 is 14.9. The first-order chi connectivity index (χ1) is 11.2. The molecule has 132 valence electrons. The van der Waals surface area contributed by atoms with E-state index >= 15 is 0 Å². The van der Waals surface area contributed by atoms with Crippen LogP contribution in [0.25, 0.3) is 0 Å². The minimum absolute atomic E-state index is 0.0687. The summed E-state index contributed by atoms with van der Waals surface area (Å²) in [6.07, 6.45) is -0.327. The molecule has 1 aromatic rings. The molecule has 0 aromatic carbocycles. The van der Waals surface area contributed by atoms with E-state index in [9.17, 15) is 14.4 Å². The molecule has 1 aliphatic heterocycles. The van der Waals surface area contributed by atoms with Crippen molar-refractivity contribution in [1.29, 1.82) is 0 Å². The first-order valence-electron chi connectivity index (χ1n) is 7.34. The maximum Gasteiger partial charge on any atom is 0.418 e. The van der Waals surface area contributed by atoms with E-state index in [1.807, 2.05) is 0 Å². The van der Waals surface area contributed by atoms with E-state index in [0.717, 1.165) is 4.90 Å². The highest BCUT2D eigenvalue weighted by Crippen LogP contribution is 2.23. The molecule has 0 spiro atoms. The van der Waals surface area contributed by atoms with Crippen LogP contribution in [0, 0.1) is 0 Å². The minimum Gasteiger partial charge on any atom is -0.433 e. The third kappa shape index (κ3) is 3.88. The molecule has 0 radical (unpaired) electrons. The summed E-state index contributed by atoms with van der Waals surface area (Å²) in [5.41, 5.74) is -1.25. The summed E-state index contributed by atoms with van der Waals surface area (Å²) in [6, 6.07) is 0. The van der Waals surface area contributed by atoms with Crippen LogP contribution in [0.4, 0.5) is 4.79 Å². The zero-order valence-corrected chi connectivity index (χ0v) is 14.1. The zero-order valence-electron chi connectivity index (χ0n) is 14.1. The third-order valence-corrected chi connectivity index (χ3v) is 3.45. The van der Waals surface area contributed by atoms with Gasteiger partial charge in [0.25, 0.3) is 5.91 Å². The molecule has 0 aliphatic carbocycles. The average molecular weight is 340 g/mol. The largest absolute Gasteiger partial charge is 0.433 e. The molecule has 1 aliphatic rings. The second-order valence-corrected chi connectivity index (χ2v) is 5.87. The zero-order chi connectivity index (χ0) is 17.9. The summed E-state index contributed by atoms with van der Waals surface area (Å²) in [5.74, 6) is -0.260. The summed E-state index contributed by atoms with van der Waals surface area (Å²) >= 11 is 0. The highest BCUT2D eigenvalue weighted by molar-refractivity contribution is 6.04. The van der Waals surface area contributed by atoms with Gasteiger partial charge >= 0.3 is 6.09 Å². The van der Waals surface area contributed by atoms with Gasteiger partial charge in [-0.2, -0.15) is 4.98 Å². The Bertz CT molecular complexity index is 641. The van der Waals surface area contributed by atoms with Crippen molar-refractivity contribution >= 4 is 17.9 Å². The van der Waals surface area contributed by atoms with Gasteiger partial charge in [0.05, 0.1) is 13.2 Å². The van der Waals surface area contributed by atoms with Crippen molar-refractivity contribution in [2.45, 2.75) is 32.4 Å². The van der Waals surface area contributed by atoms with Gasteiger partial charge in [0.2, 0.25) is 11.8 Å². The number of nitrogens with zero attached hydrogens (tertiary/aromatic N) is 4. The number of likely N-dealkylation sites (N-methyl/N-ethyl adjacent to an activating group) is 1. The lowest BCUT2D eigenvalue weighted by Crippen LogP contribution is -2.43. The van der Waals surface area contributed by atoms with Crippen molar-refractivity contribution in [3.05, 3.63) is 11.7 Å². The number of carbonyl (C=O) groups is 3. The quantitative estimate of drug-likeness (QED) is 0.680. The van der Waals surface area contributed by atoms with Gasteiger partial charge in [0.1, 0.15) is 6.54 Å². The molecule has 0 unspecified atom stereocenters. The van der Waals surface area contributed by atoms with Gasteiger partial charge in [0, 0.05) is 20.6 Å². The number of carbonyl (C=O) groups excluding carboxylic acids is 3. The van der Waals surface area contributed by atoms with Crippen LogP contribution in [0.2, 0.25) is 0 Å². The third-order valence-electron chi connectivity index (χ3n) is 3.45. The van der Waals surface area contributed by atoms with Crippen LogP contribution in [0.5, 0.6) is 0 Å². The van der Waals surface area contributed by atoms with Crippen molar-refractivity contribution in [3.63, 3.8) is 0 Å². The van der Waals surface area contributed by atoms with E-state index in [0.29, 0.717) is 18.9 Å². The molecule has 10 heteroatoms. The number of imide groups is 1. The molecule has 2 heterocycles. The number of hydrogen-bond donors (Lipinski definition) is 0. The van der Waals surface area contributed by atoms with Gasteiger partial charge < -0.3 is 18.9 Å². The molecule has 1 saturated heterocycles. The molecule has 24 heavy (non-hydrogen) atoms. The Morgan fingerprint density at radius 3 is 2.67 bits per heavy atom. The normalized spacial score (nSPS) is 16.4. The van der Waals surface area contributed by atoms with Crippen LogP contribution in [-0.2, 0) is 32.0 Å². The number of ether oxygens (including phenoxy) is 2. The van der Waals surface area contributed by atoms with E-state index < -0.39 is 30.1 Å². The predicted molar refractivity (Wildman–Crippen MR) is 78.6 cm³/mol. The van der Waals surface area contributed by atoms with Crippen LogP contribution in [0.1, 0.15) is 25.6 Å². The van der Waals surface area contributed by atoms with Crippen LogP contribution < -0.4 is 0 Å². The van der Waals surface area contributed by atoms with Crippen LogP contribution in [-0.4, -0.2) is 70.8 Å². The molecule has 0 N–H and O–H groups in total. The molecule has 1 fully saturated rings. The van der Waals surface area contributed by atoms with Crippen molar-refractivity contribution < 1.29 is 28.4 Å². The van der Waals surface area contributed by atoms with E-state index in [1.54, 1.807) is 7.11 Å². The van der Waals surface area contributed by atoms with Crippen LogP contribution >= 0.6 is 0 Å². The fraction of sp³-hybridized carbons (Fsp3) is 0.643. The first-order valence-corrected chi connectivity index (χ1v) is 7.34. The molecule has 3 amide bonds. The number of hydrogen-bond acceptors (Lipinski definition) is 8. The maximum atomic E-state index is 12.2. The topological polar surface area (TPSA) is 115 Å². The molecule has 10 nitrogen and oxygen atoms in total. The number of cyclic esters (lactones) is 1. The van der Waals surface area contributed by atoms with E-state index in [1.165, 1.54) is 25.8 Å². The van der Waals surface area contributed by atoms with Gasteiger partial charge in [0.15, 0.2) is 11.4 Å². The monoisotopic (exact) mass is 340 g/mol. The number of methoxy groups -OCH3 is 1. The summed E-state index contributed by atoms with van der Waals surface area (Å²) in [6.45, 7) is 3.08. The van der Waals surface area contributed by atoms with E-state index in [4.69, 9.17) is 14.0 Å². The summed E-state index contributed by atoms with van der Waals surface area (Å²) in [5, 5.41) is 3.77. The molecular weight excluding hydrogens is 320 g/mol. The maximum absolute atomic E-state index is 12.2. The smallest absolute Gasteiger partial charge is 0.418 e. The lowest BCUT2D eigenvalue weighted by atomic mass is 10.1. The van der Waals surface area contributed by atoms with Crippen LogP contribution in [0.15, 0.2) is 4.52 Å². The van der Waals surface area contributed by atoms with Crippen molar-refractivity contribution in [2.75, 3.05) is 27.3 Å². The Morgan fingerprint density at radius 1 is 1.38 bits per heavy atom. The molecule has 0 bridgehead atoms. The van der Waals surface area contributed by atoms with Gasteiger partial charge in [-0.25, -0.2) is 9.69 Å². The Kier molecular flexibility index (Phi) is 5.17. The average Bonchev–Trinajstić information content (AvgIpc) is 3.02. The Morgan fingerprint density at radius 2 is 2.08 bits per heavy atom. The summed E-state index contributed by atoms with van der Waals surface area (Å²) in [4.78, 5) is 42.1. The number of rotatable bonds is 7. The van der Waals surface area contributed by atoms with Crippen LogP contribution in [0.3, 0.4) is 0 Å². The molecule has 0 saturated carbocycles. The molecular formula is C14H20N4O6. The van der Waals surface area contributed by atoms with E-state index in [2.05, 4.69) is 10.1 Å². The fourth-order valence-corrected chi connectivity index (χ4v) is 2.06. The number of aromatic nitrogens is 2. The highest BCUT2D eigenvalue weighted by Gasteiger charge is 2.47.